The molecule has 0 saturated heterocycles. The molecule has 0 aliphatic carbocycles. The second kappa shape index (κ2) is 9.94. The van der Waals surface area contributed by atoms with Gasteiger partial charge in [0.25, 0.3) is 5.91 Å². The number of rotatable bonds is 8. The molecule has 0 spiro atoms. The Morgan fingerprint density at radius 3 is 2.45 bits per heavy atom. The zero-order valence-electron chi connectivity index (χ0n) is 16.9. The van der Waals surface area contributed by atoms with Gasteiger partial charge >= 0.3 is 5.97 Å². The number of amides is 2. The number of hydrogen-bond acceptors (Lipinski definition) is 6. The van der Waals surface area contributed by atoms with Crippen LogP contribution in [0.15, 0.2) is 64.0 Å². The van der Waals surface area contributed by atoms with Crippen molar-refractivity contribution in [3.63, 3.8) is 0 Å². The third-order valence-electron chi connectivity index (χ3n) is 4.31. The van der Waals surface area contributed by atoms with Gasteiger partial charge in [-0.1, -0.05) is 30.3 Å². The molecule has 8 nitrogen and oxygen atoms in total. The molecule has 1 aromatic heterocycles. The number of hydrogen-bond donors (Lipinski definition) is 3. The second-order valence-corrected chi connectivity index (χ2v) is 7.94. The van der Waals surface area contributed by atoms with Gasteiger partial charge in [0.05, 0.1) is 16.4 Å². The van der Waals surface area contributed by atoms with Gasteiger partial charge in [0.15, 0.2) is 5.82 Å². The summed E-state index contributed by atoms with van der Waals surface area (Å²) in [7, 11) is 0. The molecule has 1 unspecified atom stereocenters. The first kappa shape index (κ1) is 22.1. The Morgan fingerprint density at radius 1 is 1.06 bits per heavy atom. The molecule has 0 radical (unpaired) electrons. The molecular weight excluding hydrogens is 418 g/mol. The van der Waals surface area contributed by atoms with E-state index in [1.807, 2.05) is 13.0 Å². The number of aryl methyl sites for hydroxylation is 1. The van der Waals surface area contributed by atoms with Crippen LogP contribution in [0.25, 0.3) is 0 Å². The molecule has 1 heterocycles. The molecule has 0 bridgehead atoms. The standard InChI is InChI=1S/C22H21N3O5S/c1-3-18(21(27)24-19-11-13(2)30-25-19)31-15-8-6-7-14(12-15)23-20(26)16-9-4-5-10-17(16)22(28)29/h4-12,18H,3H2,1-2H3,(H,23,26)(H,28,29)(H,24,25,27). The quantitative estimate of drug-likeness (QED) is 0.444. The number of carbonyl (C=O) groups excluding carboxylic acids is 2. The maximum atomic E-state index is 12.6. The van der Waals surface area contributed by atoms with Crippen LogP contribution < -0.4 is 10.6 Å². The summed E-state index contributed by atoms with van der Waals surface area (Å²) >= 11 is 1.35. The van der Waals surface area contributed by atoms with E-state index in [1.165, 1.54) is 23.9 Å². The van der Waals surface area contributed by atoms with Crippen molar-refractivity contribution in [3.05, 3.63) is 71.5 Å². The lowest BCUT2D eigenvalue weighted by Gasteiger charge is -2.14. The third kappa shape index (κ3) is 5.73. The van der Waals surface area contributed by atoms with E-state index in [-0.39, 0.29) is 22.3 Å². The SMILES string of the molecule is CCC(Sc1cccc(NC(=O)c2ccccc2C(=O)O)c1)C(=O)Nc1cc(C)on1. The predicted molar refractivity (Wildman–Crippen MR) is 118 cm³/mol. The Bertz CT molecular complexity index is 1110. The molecule has 31 heavy (non-hydrogen) atoms. The molecule has 0 fully saturated rings. The van der Waals surface area contributed by atoms with E-state index in [0.717, 1.165) is 4.90 Å². The van der Waals surface area contributed by atoms with Crippen LogP contribution in [-0.2, 0) is 4.79 Å². The molecular formula is C22H21N3O5S. The van der Waals surface area contributed by atoms with Crippen molar-refractivity contribution in [2.24, 2.45) is 0 Å². The number of benzene rings is 2. The molecule has 3 aromatic rings. The lowest BCUT2D eigenvalue weighted by Crippen LogP contribution is -2.24. The van der Waals surface area contributed by atoms with Gasteiger partial charge in [0, 0.05) is 16.6 Å². The molecule has 9 heteroatoms. The summed E-state index contributed by atoms with van der Waals surface area (Å²) in [5.41, 5.74) is 0.496. The van der Waals surface area contributed by atoms with Crippen LogP contribution in [0, 0.1) is 6.92 Å². The van der Waals surface area contributed by atoms with Gasteiger partial charge < -0.3 is 20.3 Å². The number of anilines is 2. The minimum atomic E-state index is -1.17. The molecule has 2 aromatic carbocycles. The molecule has 0 aliphatic heterocycles. The van der Waals surface area contributed by atoms with Gasteiger partial charge in [-0.15, -0.1) is 11.8 Å². The van der Waals surface area contributed by atoms with E-state index in [4.69, 9.17) is 4.52 Å². The first-order valence-electron chi connectivity index (χ1n) is 9.52. The van der Waals surface area contributed by atoms with Crippen LogP contribution in [0.2, 0.25) is 0 Å². The highest BCUT2D eigenvalue weighted by molar-refractivity contribution is 8.00. The van der Waals surface area contributed by atoms with Gasteiger partial charge in [-0.25, -0.2) is 4.79 Å². The number of carbonyl (C=O) groups is 3. The summed E-state index contributed by atoms with van der Waals surface area (Å²) < 4.78 is 4.96. The van der Waals surface area contributed by atoms with Gasteiger partial charge in [-0.05, 0) is 43.7 Å². The number of aromatic carboxylic acids is 1. The Hall–Kier alpha value is -3.59. The number of nitrogens with one attached hydrogen (secondary N) is 2. The molecule has 2 amide bonds. The van der Waals surface area contributed by atoms with E-state index in [2.05, 4.69) is 15.8 Å². The van der Waals surface area contributed by atoms with Crippen LogP contribution in [0.4, 0.5) is 11.5 Å². The van der Waals surface area contributed by atoms with Gasteiger partial charge in [-0.2, -0.15) is 0 Å². The lowest BCUT2D eigenvalue weighted by molar-refractivity contribution is -0.115. The Morgan fingerprint density at radius 2 is 1.81 bits per heavy atom. The maximum absolute atomic E-state index is 12.6. The zero-order chi connectivity index (χ0) is 22.4. The number of aromatic nitrogens is 1. The average molecular weight is 439 g/mol. The highest BCUT2D eigenvalue weighted by Gasteiger charge is 2.20. The second-order valence-electron chi connectivity index (χ2n) is 6.66. The first-order chi connectivity index (χ1) is 14.9. The summed E-state index contributed by atoms with van der Waals surface area (Å²) in [6, 6.07) is 14.7. The smallest absolute Gasteiger partial charge is 0.336 e. The van der Waals surface area contributed by atoms with Gasteiger partial charge in [0.2, 0.25) is 5.91 Å². The van der Waals surface area contributed by atoms with Crippen LogP contribution in [0.5, 0.6) is 0 Å². The summed E-state index contributed by atoms with van der Waals surface area (Å²) in [4.78, 5) is 37.3. The molecule has 3 rings (SSSR count). The van der Waals surface area contributed by atoms with Crippen molar-refractivity contribution in [2.75, 3.05) is 10.6 Å². The Kier molecular flexibility index (Phi) is 7.09. The van der Waals surface area contributed by atoms with Gasteiger partial charge in [0.1, 0.15) is 5.76 Å². The first-order valence-corrected chi connectivity index (χ1v) is 10.4. The molecule has 0 saturated carbocycles. The molecule has 1 atom stereocenters. The van der Waals surface area contributed by atoms with Crippen molar-refractivity contribution < 1.29 is 24.0 Å². The minimum absolute atomic E-state index is 0.0711. The largest absolute Gasteiger partial charge is 0.478 e. The average Bonchev–Trinajstić information content (AvgIpc) is 3.16. The molecule has 3 N–H and O–H groups in total. The Balaban J connectivity index is 1.70. The Labute approximate surface area is 183 Å². The van der Waals surface area contributed by atoms with Crippen LogP contribution >= 0.6 is 11.8 Å². The summed E-state index contributed by atoms with van der Waals surface area (Å²) in [5, 5.41) is 18.1. The topological polar surface area (TPSA) is 122 Å². The van der Waals surface area contributed by atoms with Crippen molar-refractivity contribution in [3.8, 4) is 0 Å². The predicted octanol–water partition coefficient (Wildman–Crippen LogP) is 4.44. The van der Waals surface area contributed by atoms with Crippen LogP contribution in [0.1, 0.15) is 39.8 Å². The number of nitrogens with zero attached hydrogens (tertiary/aromatic N) is 1. The fourth-order valence-corrected chi connectivity index (χ4v) is 3.85. The fraction of sp³-hybridized carbons (Fsp3) is 0.182. The number of thioether (sulfide) groups is 1. The van der Waals surface area contributed by atoms with E-state index in [0.29, 0.717) is 23.7 Å². The monoisotopic (exact) mass is 439 g/mol. The lowest BCUT2D eigenvalue weighted by atomic mass is 10.1. The number of carboxylic acid groups (broad SMARTS) is 1. The third-order valence-corrected chi connectivity index (χ3v) is 5.67. The summed E-state index contributed by atoms with van der Waals surface area (Å²) in [6.45, 7) is 3.64. The number of carboxylic acids is 1. The van der Waals surface area contributed by atoms with Crippen LogP contribution in [-0.4, -0.2) is 33.3 Å². The van der Waals surface area contributed by atoms with E-state index in [9.17, 15) is 19.5 Å². The van der Waals surface area contributed by atoms with Crippen molar-refractivity contribution in [2.45, 2.75) is 30.4 Å². The van der Waals surface area contributed by atoms with E-state index >= 15 is 0 Å². The van der Waals surface area contributed by atoms with Crippen molar-refractivity contribution in [1.82, 2.24) is 5.16 Å². The fourth-order valence-electron chi connectivity index (χ4n) is 2.83. The van der Waals surface area contributed by atoms with E-state index < -0.39 is 11.9 Å². The highest BCUT2D eigenvalue weighted by Crippen LogP contribution is 2.29. The highest BCUT2D eigenvalue weighted by atomic mass is 32.2. The van der Waals surface area contributed by atoms with Crippen LogP contribution in [0.3, 0.4) is 0 Å². The summed E-state index contributed by atoms with van der Waals surface area (Å²) in [5.74, 6) is -0.935. The minimum Gasteiger partial charge on any atom is -0.478 e. The maximum Gasteiger partial charge on any atom is 0.336 e. The zero-order valence-corrected chi connectivity index (χ0v) is 17.7. The van der Waals surface area contributed by atoms with Gasteiger partial charge in [-0.3, -0.25) is 9.59 Å². The van der Waals surface area contributed by atoms with Crippen molar-refractivity contribution in [1.29, 1.82) is 0 Å². The molecule has 0 aliphatic rings. The van der Waals surface area contributed by atoms with E-state index in [1.54, 1.807) is 43.3 Å². The van der Waals surface area contributed by atoms with Crippen molar-refractivity contribution >= 4 is 41.1 Å². The normalized spacial score (nSPS) is 11.5. The summed E-state index contributed by atoms with van der Waals surface area (Å²) in [6.07, 6.45) is 0.579. The molecule has 160 valence electrons.